The normalized spacial score (nSPS) is 12.0. The van der Waals surface area contributed by atoms with Crippen molar-refractivity contribution in [2.45, 2.75) is 0 Å². The van der Waals surface area contributed by atoms with Crippen LogP contribution in [0.5, 0.6) is 0 Å². The third kappa shape index (κ3) is 2.27. The van der Waals surface area contributed by atoms with Crippen LogP contribution in [0.15, 0.2) is 0 Å². The number of nitrogens with zero attached hydrogens (tertiary/aromatic N) is 1. The molecular formula is CH8IN4O3+. The van der Waals surface area contributed by atoms with E-state index in [4.69, 9.17) is 11.8 Å². The standard InChI is InChI=1S/CH8IN4O3/c1-7-6(5-2,8-3)9-4/h5H,3-4H2,1H3/q+1. The van der Waals surface area contributed by atoms with E-state index < -0.39 is 5.08 Å². The van der Waals surface area contributed by atoms with Gasteiger partial charge in [-0.3, -0.25) is 0 Å². The molecule has 9 heavy (non-hydrogen) atoms. The molecule has 8 heteroatoms. The summed E-state index contributed by atoms with van der Waals surface area (Å²) in [5.74, 6) is 9.43. The second kappa shape index (κ2) is 4.29. The van der Waals surface area contributed by atoms with Gasteiger partial charge in [0.05, 0.1) is 22.9 Å². The molecule has 0 saturated carbocycles. The zero-order valence-corrected chi connectivity index (χ0v) is 6.86. The summed E-state index contributed by atoms with van der Waals surface area (Å²) in [6.07, 6.45) is 0. The second-order valence-electron chi connectivity index (χ2n) is 0.975. The maximum atomic E-state index is 4.71. The molecule has 56 valence electrons. The van der Waals surface area contributed by atoms with E-state index in [0.29, 0.717) is 0 Å². The molecular weight excluding hydrogens is 243 g/mol. The molecule has 7 nitrogen and oxygen atoms in total. The molecule has 5 N–H and O–H groups in total. The van der Waals surface area contributed by atoms with Crippen LogP contribution in [0, 0.1) is 0 Å². The zero-order chi connectivity index (χ0) is 7.33. The van der Waals surface area contributed by atoms with Crippen molar-refractivity contribution in [3.63, 3.8) is 0 Å². The third-order valence-electron chi connectivity index (χ3n) is 0.621. The Morgan fingerprint density at radius 1 is 1.44 bits per heavy atom. The predicted molar refractivity (Wildman–Crippen MR) is 35.0 cm³/mol. The van der Waals surface area contributed by atoms with Gasteiger partial charge in [-0.05, 0) is 13.5 Å². The summed E-state index contributed by atoms with van der Waals surface area (Å²) < 4.78 is 2.36. The van der Waals surface area contributed by atoms with Crippen molar-refractivity contribution in [2.75, 3.05) is 7.11 Å². The summed E-state index contributed by atoms with van der Waals surface area (Å²) in [7, 11) is 1.30. The van der Waals surface area contributed by atoms with Crippen LogP contribution >= 0.6 is 22.9 Å². The molecule has 0 heterocycles. The Kier molecular flexibility index (Phi) is 4.51. The Morgan fingerprint density at radius 3 is 1.89 bits per heavy atom. The highest BCUT2D eigenvalue weighted by atomic mass is 127. The van der Waals surface area contributed by atoms with Gasteiger partial charge in [-0.25, -0.2) is 0 Å². The molecule has 0 radical (unpaired) electrons. The Bertz CT molecular complexity index is 58.7. The average Bonchev–Trinajstić information content (AvgIpc) is 1.95. The number of hydrogen-bond acceptors (Lipinski definition) is 6. The first kappa shape index (κ1) is 9.45. The highest BCUT2D eigenvalue weighted by molar-refractivity contribution is 14.1. The van der Waals surface area contributed by atoms with Gasteiger partial charge in [-0.1, -0.05) is 0 Å². The van der Waals surface area contributed by atoms with Gasteiger partial charge in [0.2, 0.25) is 5.08 Å². The van der Waals surface area contributed by atoms with E-state index in [9.17, 15) is 0 Å². The monoisotopic (exact) mass is 251 g/mol. The highest BCUT2D eigenvalue weighted by Crippen LogP contribution is 2.00. The molecule has 0 aromatic carbocycles. The quantitative estimate of drug-likeness (QED) is 0.252. The minimum Gasteiger partial charge on any atom is -0.151 e. The fourth-order valence-electron chi connectivity index (χ4n) is 0.185. The smallest absolute Gasteiger partial charge is 0.151 e. The lowest BCUT2D eigenvalue weighted by molar-refractivity contribution is -1.38. The largest absolute Gasteiger partial charge is 0.221 e. The second-order valence-corrected chi connectivity index (χ2v) is 1.46. The van der Waals surface area contributed by atoms with Crippen molar-refractivity contribution >= 4 is 22.9 Å². The fraction of sp³-hybridized carbons (Fsp3) is 1.00. The van der Waals surface area contributed by atoms with Crippen molar-refractivity contribution in [1.82, 2.24) is 3.64 Å². The molecule has 0 spiro atoms. The van der Waals surface area contributed by atoms with E-state index in [1.54, 1.807) is 22.9 Å². The first-order chi connectivity index (χ1) is 4.24. The minimum absolute atomic E-state index is 0.930. The maximum Gasteiger partial charge on any atom is 0.221 e. The lowest BCUT2D eigenvalue weighted by atomic mass is 11.7. The lowest BCUT2D eigenvalue weighted by Crippen LogP contribution is -2.55. The van der Waals surface area contributed by atoms with E-state index in [0.717, 1.165) is 0 Å². The van der Waals surface area contributed by atoms with Crippen LogP contribution in [0.1, 0.15) is 0 Å². The van der Waals surface area contributed by atoms with Crippen molar-refractivity contribution in [1.29, 1.82) is 0 Å². The molecule has 0 aliphatic rings. The van der Waals surface area contributed by atoms with Gasteiger partial charge in [-0.15, -0.1) is 4.84 Å². The Balaban J connectivity index is 3.82. The van der Waals surface area contributed by atoms with Crippen molar-refractivity contribution in [3.8, 4) is 0 Å². The predicted octanol–water partition coefficient (Wildman–Crippen LogP) is -1.17. The van der Waals surface area contributed by atoms with E-state index in [1.165, 1.54) is 7.11 Å². The van der Waals surface area contributed by atoms with Gasteiger partial charge in [0.1, 0.15) is 7.11 Å². The number of nitrogens with two attached hydrogens (primary N) is 2. The number of halogens is 1. The van der Waals surface area contributed by atoms with Crippen molar-refractivity contribution < 1.29 is 19.8 Å². The SMILES string of the molecule is CO[N+](NI)(ON)ON. The molecule has 0 bridgehead atoms. The molecule has 0 atom stereocenters. The van der Waals surface area contributed by atoms with Gasteiger partial charge in [0.15, 0.2) is 0 Å². The van der Waals surface area contributed by atoms with Gasteiger partial charge in [-0.2, -0.15) is 11.8 Å². The Labute approximate surface area is 65.6 Å². The topological polar surface area (TPSA) is 91.8 Å². The fourth-order valence-corrected chi connectivity index (χ4v) is 0.610. The molecule has 0 amide bonds. The van der Waals surface area contributed by atoms with Crippen LogP contribution in [0.2, 0.25) is 0 Å². The van der Waals surface area contributed by atoms with Crippen LogP contribution < -0.4 is 15.4 Å². The molecule has 0 fully saturated rings. The van der Waals surface area contributed by atoms with Crippen LogP contribution in [-0.4, -0.2) is 12.2 Å². The van der Waals surface area contributed by atoms with Crippen LogP contribution in [0.3, 0.4) is 0 Å². The van der Waals surface area contributed by atoms with E-state index in [1.807, 2.05) is 0 Å². The molecule has 0 saturated heterocycles. The average molecular weight is 251 g/mol. The number of nitrogens with one attached hydrogen (secondary N) is 1. The molecule has 0 aliphatic heterocycles. The van der Waals surface area contributed by atoms with Gasteiger partial charge in [0.25, 0.3) is 0 Å². The van der Waals surface area contributed by atoms with E-state index >= 15 is 0 Å². The molecule has 0 aromatic heterocycles. The first-order valence-electron chi connectivity index (χ1n) is 1.84. The van der Waals surface area contributed by atoms with Crippen LogP contribution in [0.25, 0.3) is 0 Å². The summed E-state index contributed by atoms with van der Waals surface area (Å²) in [5.41, 5.74) is 0. The van der Waals surface area contributed by atoms with E-state index in [-0.39, 0.29) is 0 Å². The number of quaternary nitrogens is 1. The maximum absolute atomic E-state index is 4.71. The summed E-state index contributed by atoms with van der Waals surface area (Å²) in [6, 6.07) is 0. The van der Waals surface area contributed by atoms with Crippen molar-refractivity contribution in [3.05, 3.63) is 0 Å². The third-order valence-corrected chi connectivity index (χ3v) is 1.21. The summed E-state index contributed by atoms with van der Waals surface area (Å²) in [5, 5.41) is -0.930. The summed E-state index contributed by atoms with van der Waals surface area (Å²) in [4.78, 5) is 12.8. The molecule has 0 aromatic rings. The van der Waals surface area contributed by atoms with E-state index in [2.05, 4.69) is 18.4 Å². The van der Waals surface area contributed by atoms with Crippen LogP contribution in [-0.2, 0) is 14.7 Å². The van der Waals surface area contributed by atoms with Crippen LogP contribution in [0.4, 0.5) is 0 Å². The summed E-state index contributed by atoms with van der Waals surface area (Å²) >= 11 is 1.69. The summed E-state index contributed by atoms with van der Waals surface area (Å²) in [6.45, 7) is 0. The highest BCUT2D eigenvalue weighted by Gasteiger charge is 2.31. The minimum atomic E-state index is -0.930. The Morgan fingerprint density at radius 2 is 1.89 bits per heavy atom. The van der Waals surface area contributed by atoms with Gasteiger partial charge in [0, 0.05) is 0 Å². The number of hydrogen-bond donors (Lipinski definition) is 3. The van der Waals surface area contributed by atoms with Gasteiger partial charge >= 0.3 is 0 Å². The van der Waals surface area contributed by atoms with Crippen molar-refractivity contribution in [2.24, 2.45) is 11.8 Å². The first-order valence-corrected chi connectivity index (χ1v) is 2.92. The lowest BCUT2D eigenvalue weighted by Gasteiger charge is -2.17. The van der Waals surface area contributed by atoms with Gasteiger partial charge < -0.3 is 0 Å². The molecule has 0 rings (SSSR count). The number of rotatable bonds is 4. The Hall–Kier alpha value is 0.450. The zero-order valence-electron chi connectivity index (χ0n) is 4.70. The molecule has 0 aliphatic carbocycles. The molecule has 0 unspecified atom stereocenters.